The number of imidazole rings is 1. The third-order valence-electron chi connectivity index (χ3n) is 3.91. The lowest BCUT2D eigenvalue weighted by Gasteiger charge is -2.10. The second-order valence-corrected chi connectivity index (χ2v) is 5.92. The molecule has 0 saturated carbocycles. The van der Waals surface area contributed by atoms with Crippen LogP contribution < -0.4 is 0 Å². The monoisotopic (exact) mass is 304 g/mol. The molecule has 0 amide bonds. The molecule has 0 spiro atoms. The summed E-state index contributed by atoms with van der Waals surface area (Å²) in [6.07, 6.45) is 0.928. The van der Waals surface area contributed by atoms with Gasteiger partial charge in [0.2, 0.25) is 0 Å². The number of carbonyl (C=O) groups excluding carboxylic acids is 1. The molecule has 2 aromatic carbocycles. The zero-order chi connectivity index (χ0) is 16.2. The van der Waals surface area contributed by atoms with Crippen LogP contribution >= 0.6 is 0 Å². The van der Waals surface area contributed by atoms with E-state index in [0.29, 0.717) is 12.2 Å². The predicted octanol–water partition coefficient (Wildman–Crippen LogP) is 4.53. The summed E-state index contributed by atoms with van der Waals surface area (Å²) in [5.41, 5.74) is 3.71. The summed E-state index contributed by atoms with van der Waals surface area (Å²) >= 11 is 0. The molecule has 0 saturated heterocycles. The van der Waals surface area contributed by atoms with Crippen molar-refractivity contribution in [3.05, 3.63) is 77.6 Å². The Kier molecular flexibility index (Phi) is 4.38. The topological polar surface area (TPSA) is 34.9 Å². The Hall–Kier alpha value is -2.68. The lowest BCUT2D eigenvalue weighted by Crippen LogP contribution is -2.07. The van der Waals surface area contributed by atoms with Crippen LogP contribution in [0, 0.1) is 0 Å². The van der Waals surface area contributed by atoms with E-state index >= 15 is 0 Å². The van der Waals surface area contributed by atoms with Crippen molar-refractivity contribution in [2.75, 3.05) is 0 Å². The number of benzene rings is 2. The summed E-state index contributed by atoms with van der Waals surface area (Å²) in [5, 5.41) is 0. The highest BCUT2D eigenvalue weighted by Gasteiger charge is 2.19. The molecule has 23 heavy (non-hydrogen) atoms. The molecule has 3 nitrogen and oxygen atoms in total. The molecule has 3 heteroatoms. The molecule has 3 rings (SSSR count). The van der Waals surface area contributed by atoms with E-state index in [1.54, 1.807) is 0 Å². The summed E-state index contributed by atoms with van der Waals surface area (Å²) in [6, 6.07) is 20.2. The molecule has 3 aromatic rings. The first-order valence-electron chi connectivity index (χ1n) is 7.85. The summed E-state index contributed by atoms with van der Waals surface area (Å²) in [4.78, 5) is 16.5. The van der Waals surface area contributed by atoms with Gasteiger partial charge in [0, 0.05) is 12.1 Å². The van der Waals surface area contributed by atoms with Crippen LogP contribution in [-0.4, -0.2) is 15.8 Å². The number of rotatable bonds is 5. The van der Waals surface area contributed by atoms with Crippen molar-refractivity contribution in [2.24, 2.45) is 0 Å². The number of nitrogens with zero attached hydrogens (tertiary/aromatic N) is 2. The van der Waals surface area contributed by atoms with Gasteiger partial charge in [-0.1, -0.05) is 74.5 Å². The van der Waals surface area contributed by atoms with Crippen molar-refractivity contribution in [1.82, 2.24) is 9.55 Å². The van der Waals surface area contributed by atoms with Crippen molar-refractivity contribution in [2.45, 2.75) is 26.3 Å². The van der Waals surface area contributed by atoms with Crippen LogP contribution in [-0.2, 0) is 6.54 Å². The van der Waals surface area contributed by atoms with Crippen LogP contribution in [0.5, 0.6) is 0 Å². The average molecular weight is 304 g/mol. The van der Waals surface area contributed by atoms with Gasteiger partial charge in [0.25, 0.3) is 0 Å². The molecule has 1 aromatic heterocycles. The van der Waals surface area contributed by atoms with E-state index in [4.69, 9.17) is 4.98 Å². The summed E-state index contributed by atoms with van der Waals surface area (Å²) in [7, 11) is 0. The van der Waals surface area contributed by atoms with Gasteiger partial charge in [0.05, 0.1) is 5.69 Å². The first-order valence-corrected chi connectivity index (χ1v) is 7.85. The van der Waals surface area contributed by atoms with E-state index in [9.17, 15) is 4.79 Å². The minimum absolute atomic E-state index is 0.203. The molecule has 0 aliphatic heterocycles. The fourth-order valence-corrected chi connectivity index (χ4v) is 2.77. The standard InChI is InChI=1S/C20H20N2O/c1-15(2)19-18(14-23)22(13-16-9-5-3-6-10-16)20(21-19)17-11-7-4-8-12-17/h3-12,14-15H,13H2,1-2H3. The van der Waals surface area contributed by atoms with E-state index < -0.39 is 0 Å². The lowest BCUT2D eigenvalue weighted by atomic mass is 10.1. The largest absolute Gasteiger partial charge is 0.317 e. The van der Waals surface area contributed by atoms with E-state index in [-0.39, 0.29) is 5.92 Å². The SMILES string of the molecule is CC(C)c1nc(-c2ccccc2)n(Cc2ccccc2)c1C=O. The van der Waals surface area contributed by atoms with Gasteiger partial charge in [-0.15, -0.1) is 0 Å². The van der Waals surface area contributed by atoms with Crippen molar-refractivity contribution in [1.29, 1.82) is 0 Å². The Balaban J connectivity index is 2.16. The minimum Gasteiger partial charge on any atom is -0.317 e. The highest BCUT2D eigenvalue weighted by molar-refractivity contribution is 5.77. The number of hydrogen-bond acceptors (Lipinski definition) is 2. The minimum atomic E-state index is 0.203. The van der Waals surface area contributed by atoms with Crippen molar-refractivity contribution >= 4 is 6.29 Å². The van der Waals surface area contributed by atoms with Gasteiger partial charge in [0.15, 0.2) is 6.29 Å². The molecule has 0 bridgehead atoms. The van der Waals surface area contributed by atoms with Gasteiger partial charge in [0.1, 0.15) is 11.5 Å². The average Bonchev–Trinajstić information content (AvgIpc) is 2.95. The van der Waals surface area contributed by atoms with Crippen molar-refractivity contribution in [3.8, 4) is 11.4 Å². The first-order chi connectivity index (χ1) is 11.2. The quantitative estimate of drug-likeness (QED) is 0.649. The molecule has 0 fully saturated rings. The van der Waals surface area contributed by atoms with Gasteiger partial charge in [-0.25, -0.2) is 4.98 Å². The third-order valence-corrected chi connectivity index (χ3v) is 3.91. The molecule has 0 atom stereocenters. The molecule has 0 N–H and O–H groups in total. The van der Waals surface area contributed by atoms with E-state index in [0.717, 1.165) is 28.9 Å². The second-order valence-electron chi connectivity index (χ2n) is 5.92. The lowest BCUT2D eigenvalue weighted by molar-refractivity contribution is 0.111. The molecule has 0 aliphatic rings. The fraction of sp³-hybridized carbons (Fsp3) is 0.200. The summed E-state index contributed by atoms with van der Waals surface area (Å²) in [6.45, 7) is 4.77. The van der Waals surface area contributed by atoms with Gasteiger partial charge in [-0.2, -0.15) is 0 Å². The maximum absolute atomic E-state index is 11.7. The van der Waals surface area contributed by atoms with Crippen LogP contribution in [0.1, 0.15) is 41.5 Å². The van der Waals surface area contributed by atoms with Gasteiger partial charge in [-0.05, 0) is 11.5 Å². The van der Waals surface area contributed by atoms with Crippen LogP contribution in [0.25, 0.3) is 11.4 Å². The Bertz CT molecular complexity index is 789. The molecule has 116 valence electrons. The van der Waals surface area contributed by atoms with Gasteiger partial charge >= 0.3 is 0 Å². The highest BCUT2D eigenvalue weighted by Crippen LogP contribution is 2.27. The molecule has 0 unspecified atom stereocenters. The number of aromatic nitrogens is 2. The number of aldehydes is 1. The molecule has 0 aliphatic carbocycles. The predicted molar refractivity (Wildman–Crippen MR) is 92.7 cm³/mol. The smallest absolute Gasteiger partial charge is 0.168 e. The third kappa shape index (κ3) is 3.09. The Morgan fingerprint density at radius 3 is 2.17 bits per heavy atom. The van der Waals surface area contributed by atoms with Crippen LogP contribution in [0.15, 0.2) is 60.7 Å². The van der Waals surface area contributed by atoms with Crippen molar-refractivity contribution < 1.29 is 4.79 Å². The maximum Gasteiger partial charge on any atom is 0.168 e. The van der Waals surface area contributed by atoms with Crippen LogP contribution in [0.3, 0.4) is 0 Å². The first kappa shape index (κ1) is 15.2. The van der Waals surface area contributed by atoms with E-state index in [1.165, 1.54) is 0 Å². The highest BCUT2D eigenvalue weighted by atomic mass is 16.1. The van der Waals surface area contributed by atoms with Crippen LogP contribution in [0.2, 0.25) is 0 Å². The Morgan fingerprint density at radius 1 is 1.00 bits per heavy atom. The zero-order valence-corrected chi connectivity index (χ0v) is 13.4. The Labute approximate surface area is 136 Å². The van der Waals surface area contributed by atoms with E-state index in [2.05, 4.69) is 26.0 Å². The fourth-order valence-electron chi connectivity index (χ4n) is 2.77. The number of carbonyl (C=O) groups is 1. The molecular formula is C20H20N2O. The molecular weight excluding hydrogens is 284 g/mol. The Morgan fingerprint density at radius 2 is 1.61 bits per heavy atom. The summed E-state index contributed by atoms with van der Waals surface area (Å²) in [5.74, 6) is 1.05. The summed E-state index contributed by atoms with van der Waals surface area (Å²) < 4.78 is 2.02. The zero-order valence-electron chi connectivity index (χ0n) is 13.4. The van der Waals surface area contributed by atoms with Gasteiger partial charge in [-0.3, -0.25) is 4.79 Å². The van der Waals surface area contributed by atoms with Gasteiger partial charge < -0.3 is 4.57 Å². The molecule has 0 radical (unpaired) electrons. The van der Waals surface area contributed by atoms with E-state index in [1.807, 2.05) is 53.1 Å². The normalized spacial score (nSPS) is 10.9. The van der Waals surface area contributed by atoms with Crippen LogP contribution in [0.4, 0.5) is 0 Å². The number of hydrogen-bond donors (Lipinski definition) is 0. The second kappa shape index (κ2) is 6.61. The maximum atomic E-state index is 11.7. The molecule has 1 heterocycles. The van der Waals surface area contributed by atoms with Crippen molar-refractivity contribution in [3.63, 3.8) is 0 Å².